The molecule has 1 aromatic heterocycles. The number of rotatable bonds is 5. The Bertz CT molecular complexity index is 572. The Labute approximate surface area is 127 Å². The first-order chi connectivity index (χ1) is 9.52. The van der Waals surface area contributed by atoms with Gasteiger partial charge in [0, 0.05) is 11.8 Å². The number of ether oxygens (including phenoxy) is 1. The van der Waals surface area contributed by atoms with Gasteiger partial charge in [0.2, 0.25) is 0 Å². The fourth-order valence-electron chi connectivity index (χ4n) is 1.61. The highest BCUT2D eigenvalue weighted by Gasteiger charge is 2.04. The van der Waals surface area contributed by atoms with Crippen LogP contribution in [-0.2, 0) is 5.75 Å². The van der Waals surface area contributed by atoms with Gasteiger partial charge in [0.25, 0.3) is 0 Å². The van der Waals surface area contributed by atoms with Crippen molar-refractivity contribution in [1.29, 1.82) is 0 Å². The van der Waals surface area contributed by atoms with Crippen molar-refractivity contribution in [3.05, 3.63) is 41.0 Å². The van der Waals surface area contributed by atoms with Crippen LogP contribution in [0.15, 0.2) is 35.5 Å². The zero-order chi connectivity index (χ0) is 14.5. The molecule has 0 amide bonds. The zero-order valence-corrected chi connectivity index (χ0v) is 12.9. The van der Waals surface area contributed by atoms with Crippen molar-refractivity contribution in [2.24, 2.45) is 0 Å². The van der Waals surface area contributed by atoms with Gasteiger partial charge in [0.05, 0.1) is 6.10 Å². The molecule has 0 aliphatic heterocycles. The molecule has 0 bridgehead atoms. The first-order valence-electron chi connectivity index (χ1n) is 6.21. The summed E-state index contributed by atoms with van der Waals surface area (Å²) < 4.78 is 5.66. The average molecular weight is 310 g/mol. The summed E-state index contributed by atoms with van der Waals surface area (Å²) in [5.41, 5.74) is 6.77. The Kier molecular flexibility index (Phi) is 5.09. The Hall–Kier alpha value is -1.46. The van der Waals surface area contributed by atoms with Crippen molar-refractivity contribution >= 4 is 29.2 Å². The van der Waals surface area contributed by atoms with Crippen molar-refractivity contribution in [3.8, 4) is 5.75 Å². The van der Waals surface area contributed by atoms with Crippen molar-refractivity contribution < 1.29 is 4.74 Å². The van der Waals surface area contributed by atoms with E-state index in [4.69, 9.17) is 22.1 Å². The Balaban J connectivity index is 2.03. The molecule has 2 N–H and O–H groups in total. The molecule has 106 valence electrons. The molecule has 20 heavy (non-hydrogen) atoms. The van der Waals surface area contributed by atoms with Gasteiger partial charge < -0.3 is 10.5 Å². The molecule has 2 aromatic rings. The molecule has 2 rings (SSSR count). The minimum Gasteiger partial charge on any atom is -0.491 e. The van der Waals surface area contributed by atoms with E-state index in [1.807, 2.05) is 38.1 Å². The summed E-state index contributed by atoms with van der Waals surface area (Å²) in [4.78, 5) is 8.26. The first kappa shape index (κ1) is 14.9. The molecule has 0 aliphatic carbocycles. The van der Waals surface area contributed by atoms with Crippen LogP contribution in [0.3, 0.4) is 0 Å². The smallest absolute Gasteiger partial charge is 0.191 e. The van der Waals surface area contributed by atoms with Crippen LogP contribution in [0.25, 0.3) is 0 Å². The number of benzene rings is 1. The lowest BCUT2D eigenvalue weighted by Gasteiger charge is -2.10. The van der Waals surface area contributed by atoms with E-state index in [1.165, 1.54) is 17.8 Å². The van der Waals surface area contributed by atoms with Gasteiger partial charge in [-0.05, 0) is 31.5 Å². The van der Waals surface area contributed by atoms with Gasteiger partial charge in [0.1, 0.15) is 16.7 Å². The fraction of sp³-hybridized carbons (Fsp3) is 0.286. The van der Waals surface area contributed by atoms with Crippen LogP contribution in [0, 0.1) is 0 Å². The van der Waals surface area contributed by atoms with E-state index in [0.717, 1.165) is 17.1 Å². The molecule has 0 spiro atoms. The lowest BCUT2D eigenvalue weighted by molar-refractivity contribution is 0.242. The van der Waals surface area contributed by atoms with E-state index in [2.05, 4.69) is 9.97 Å². The van der Waals surface area contributed by atoms with E-state index < -0.39 is 0 Å². The molecular formula is C14H16ClN3OS. The lowest BCUT2D eigenvalue weighted by Crippen LogP contribution is -2.05. The quantitative estimate of drug-likeness (QED) is 0.517. The van der Waals surface area contributed by atoms with Crippen LogP contribution in [0.5, 0.6) is 5.75 Å². The van der Waals surface area contributed by atoms with E-state index >= 15 is 0 Å². The molecule has 0 radical (unpaired) electrons. The topological polar surface area (TPSA) is 61.0 Å². The number of aromatic nitrogens is 2. The third-order valence-corrected chi connectivity index (χ3v) is 3.44. The molecular weight excluding hydrogens is 294 g/mol. The van der Waals surface area contributed by atoms with Crippen LogP contribution in [0.4, 0.5) is 5.82 Å². The third kappa shape index (κ3) is 4.58. The summed E-state index contributed by atoms with van der Waals surface area (Å²) in [6, 6.07) is 9.50. The molecule has 6 heteroatoms. The predicted molar refractivity (Wildman–Crippen MR) is 83.2 cm³/mol. The largest absolute Gasteiger partial charge is 0.491 e. The van der Waals surface area contributed by atoms with Gasteiger partial charge in [-0.2, -0.15) is 0 Å². The van der Waals surface area contributed by atoms with Crippen molar-refractivity contribution in [2.75, 3.05) is 5.73 Å². The highest BCUT2D eigenvalue weighted by molar-refractivity contribution is 7.98. The summed E-state index contributed by atoms with van der Waals surface area (Å²) >= 11 is 7.34. The van der Waals surface area contributed by atoms with Gasteiger partial charge in [-0.1, -0.05) is 35.5 Å². The highest BCUT2D eigenvalue weighted by Crippen LogP contribution is 2.24. The second-order valence-electron chi connectivity index (χ2n) is 4.50. The average Bonchev–Trinajstić information content (AvgIpc) is 2.35. The number of anilines is 1. The van der Waals surface area contributed by atoms with Crippen molar-refractivity contribution in [3.63, 3.8) is 0 Å². The summed E-state index contributed by atoms with van der Waals surface area (Å²) in [5.74, 6) is 1.98. The lowest BCUT2D eigenvalue weighted by atomic mass is 10.2. The minimum atomic E-state index is 0.161. The maximum atomic E-state index is 5.85. The van der Waals surface area contributed by atoms with E-state index in [0.29, 0.717) is 16.1 Å². The molecule has 0 saturated carbocycles. The molecule has 0 aliphatic rings. The molecule has 0 saturated heterocycles. The standard InChI is InChI=1S/C14H16ClN3OS/c1-9(2)19-11-5-3-4-10(6-11)8-20-14-17-12(15)7-13(16)18-14/h3-7,9H,8H2,1-2H3,(H2,16,17,18). The van der Waals surface area contributed by atoms with Crippen LogP contribution in [-0.4, -0.2) is 16.1 Å². The summed E-state index contributed by atoms with van der Waals surface area (Å²) in [6.07, 6.45) is 0.161. The Morgan fingerprint density at radius 2 is 2.10 bits per heavy atom. The zero-order valence-electron chi connectivity index (χ0n) is 11.3. The molecule has 4 nitrogen and oxygen atoms in total. The van der Waals surface area contributed by atoms with E-state index in [-0.39, 0.29) is 6.10 Å². The van der Waals surface area contributed by atoms with Gasteiger partial charge in [-0.3, -0.25) is 0 Å². The number of thioether (sulfide) groups is 1. The molecule has 0 fully saturated rings. The molecule has 0 atom stereocenters. The van der Waals surface area contributed by atoms with Gasteiger partial charge in [-0.25, -0.2) is 9.97 Å². The maximum absolute atomic E-state index is 5.85. The second kappa shape index (κ2) is 6.81. The molecule has 1 aromatic carbocycles. The third-order valence-electron chi connectivity index (χ3n) is 2.33. The maximum Gasteiger partial charge on any atom is 0.191 e. The number of nitrogen functional groups attached to an aromatic ring is 1. The van der Waals surface area contributed by atoms with E-state index in [1.54, 1.807) is 0 Å². The number of hydrogen-bond donors (Lipinski definition) is 1. The summed E-state index contributed by atoms with van der Waals surface area (Å²) in [5, 5.41) is 0.932. The number of halogens is 1. The fourth-order valence-corrected chi connectivity index (χ4v) is 2.66. The minimum absolute atomic E-state index is 0.161. The van der Waals surface area contributed by atoms with Crippen molar-refractivity contribution in [2.45, 2.75) is 30.9 Å². The molecule has 1 heterocycles. The van der Waals surface area contributed by atoms with Crippen molar-refractivity contribution in [1.82, 2.24) is 9.97 Å². The number of nitrogens with two attached hydrogens (primary N) is 1. The highest BCUT2D eigenvalue weighted by atomic mass is 35.5. The van der Waals surface area contributed by atoms with Crippen LogP contribution >= 0.6 is 23.4 Å². The Morgan fingerprint density at radius 3 is 2.80 bits per heavy atom. The molecule has 0 unspecified atom stereocenters. The second-order valence-corrected chi connectivity index (χ2v) is 5.83. The first-order valence-corrected chi connectivity index (χ1v) is 7.58. The van der Waals surface area contributed by atoms with Crippen LogP contribution in [0.1, 0.15) is 19.4 Å². The summed E-state index contributed by atoms with van der Waals surface area (Å²) in [6.45, 7) is 4.01. The van der Waals surface area contributed by atoms with Gasteiger partial charge in [-0.15, -0.1) is 0 Å². The van der Waals surface area contributed by atoms with E-state index in [9.17, 15) is 0 Å². The predicted octanol–water partition coefficient (Wildman–Crippen LogP) is 3.79. The van der Waals surface area contributed by atoms with Gasteiger partial charge in [0.15, 0.2) is 5.16 Å². The number of nitrogens with zero attached hydrogens (tertiary/aromatic N) is 2. The van der Waals surface area contributed by atoms with Gasteiger partial charge >= 0.3 is 0 Å². The SMILES string of the molecule is CC(C)Oc1cccc(CSc2nc(N)cc(Cl)n2)c1. The summed E-state index contributed by atoms with van der Waals surface area (Å²) in [7, 11) is 0. The van der Waals surface area contributed by atoms with Crippen LogP contribution in [0.2, 0.25) is 5.15 Å². The van der Waals surface area contributed by atoms with Crippen LogP contribution < -0.4 is 10.5 Å². The normalized spacial score (nSPS) is 10.8. The Morgan fingerprint density at radius 1 is 1.30 bits per heavy atom. The monoisotopic (exact) mass is 309 g/mol. The number of hydrogen-bond acceptors (Lipinski definition) is 5.